The van der Waals surface area contributed by atoms with Crippen molar-refractivity contribution in [3.63, 3.8) is 0 Å². The van der Waals surface area contributed by atoms with Crippen LogP contribution in [0.3, 0.4) is 0 Å². The van der Waals surface area contributed by atoms with Gasteiger partial charge in [0.2, 0.25) is 0 Å². The van der Waals surface area contributed by atoms with Crippen molar-refractivity contribution >= 4 is 38.2 Å². The molecule has 1 aliphatic carbocycles. The summed E-state index contributed by atoms with van der Waals surface area (Å²) in [4.78, 5) is 9.57. The molecule has 10 aromatic rings. The van der Waals surface area contributed by atoms with E-state index >= 15 is 0 Å². The van der Waals surface area contributed by atoms with E-state index in [0.717, 1.165) is 27.9 Å². The molecule has 0 bridgehead atoms. The number of benzene rings is 7. The monoisotopic (exact) mass is 647 g/mol. The second-order valence-electron chi connectivity index (χ2n) is 13.3. The Hall–Kier alpha value is -6.84. The number of hydrogen-bond donors (Lipinski definition) is 0. The first-order chi connectivity index (χ1) is 25.3. The highest BCUT2D eigenvalue weighted by molar-refractivity contribution is 6.28. The molecule has 0 N–H and O–H groups in total. The van der Waals surface area contributed by atoms with E-state index in [1.54, 1.807) is 0 Å². The third kappa shape index (κ3) is 4.12. The predicted octanol–water partition coefficient (Wildman–Crippen LogP) is 12.5. The first-order valence-electron chi connectivity index (χ1n) is 17.4. The van der Waals surface area contributed by atoms with Crippen LogP contribution in [0.15, 0.2) is 176 Å². The van der Waals surface area contributed by atoms with E-state index in [9.17, 15) is 0 Å². The Labute approximate surface area is 294 Å². The highest BCUT2D eigenvalue weighted by atomic mass is 15.0. The van der Waals surface area contributed by atoms with Crippen molar-refractivity contribution in [3.05, 3.63) is 176 Å². The van der Waals surface area contributed by atoms with Crippen molar-refractivity contribution in [3.8, 4) is 66.9 Å². The number of rotatable bonds is 4. The Balaban J connectivity index is 1.12. The first kappa shape index (κ1) is 28.0. The Morgan fingerprint density at radius 2 is 1.00 bits per heavy atom. The minimum atomic E-state index is 0.893. The fourth-order valence-electron chi connectivity index (χ4n) is 8.41. The number of imidazole rings is 1. The SMILES string of the molecule is c1ccc(-c2c3c(c(-c4ccccc4)c4ccccc24)-c2ccc(-c4ccc(-c5cn6c(ccc7cccnc76)n5)cc4)c4cccc-3c24)cc1. The molecule has 3 nitrogen and oxygen atoms in total. The second-order valence-corrected chi connectivity index (χ2v) is 13.3. The molecule has 0 aliphatic heterocycles. The number of pyridine rings is 2. The summed E-state index contributed by atoms with van der Waals surface area (Å²) in [5.74, 6) is 0. The van der Waals surface area contributed by atoms with E-state index in [4.69, 9.17) is 4.98 Å². The number of hydrogen-bond acceptors (Lipinski definition) is 2. The highest BCUT2D eigenvalue weighted by Crippen LogP contribution is 2.58. The summed E-state index contributed by atoms with van der Waals surface area (Å²) >= 11 is 0. The number of fused-ring (bicyclic) bond motifs is 7. The van der Waals surface area contributed by atoms with Crippen LogP contribution >= 0.6 is 0 Å². The van der Waals surface area contributed by atoms with Crippen LogP contribution in [0.25, 0.3) is 105 Å². The van der Waals surface area contributed by atoms with Gasteiger partial charge in [0.05, 0.1) is 5.69 Å². The lowest BCUT2D eigenvalue weighted by Crippen LogP contribution is -1.93. The fourth-order valence-corrected chi connectivity index (χ4v) is 8.41. The lowest BCUT2D eigenvalue weighted by Gasteiger charge is -2.20. The van der Waals surface area contributed by atoms with Crippen molar-refractivity contribution in [2.45, 2.75) is 0 Å². The van der Waals surface area contributed by atoms with Gasteiger partial charge >= 0.3 is 0 Å². The first-order valence-corrected chi connectivity index (χ1v) is 17.4. The van der Waals surface area contributed by atoms with Crippen molar-refractivity contribution in [1.82, 2.24) is 14.4 Å². The van der Waals surface area contributed by atoms with Gasteiger partial charge in [0.1, 0.15) is 11.3 Å². The van der Waals surface area contributed by atoms with Gasteiger partial charge in [0.25, 0.3) is 0 Å². The molecule has 0 radical (unpaired) electrons. The van der Waals surface area contributed by atoms with Crippen molar-refractivity contribution in [2.75, 3.05) is 0 Å². The van der Waals surface area contributed by atoms with Crippen LogP contribution in [-0.2, 0) is 0 Å². The van der Waals surface area contributed by atoms with Gasteiger partial charge in [-0.2, -0.15) is 0 Å². The van der Waals surface area contributed by atoms with E-state index < -0.39 is 0 Å². The molecular weight excluding hydrogens is 619 g/mol. The van der Waals surface area contributed by atoms with E-state index in [1.165, 1.54) is 77.2 Å². The topological polar surface area (TPSA) is 30.2 Å². The smallest absolute Gasteiger partial charge is 0.145 e. The lowest BCUT2D eigenvalue weighted by molar-refractivity contribution is 1.19. The average molecular weight is 648 g/mol. The highest BCUT2D eigenvalue weighted by Gasteiger charge is 2.31. The van der Waals surface area contributed by atoms with Crippen molar-refractivity contribution < 1.29 is 0 Å². The standard InChI is InChI=1S/C48H29N3/c1-3-11-32(12-4-1)43-37-16-7-8-17-38(37)44(33-13-5-2-6-14-33)47-40-26-25-35(36-18-9-19-39(45(36)40)46(43)47)30-20-22-31(23-21-30)41-29-51-42(50-41)27-24-34-15-10-28-49-48(34)51/h1-29H. The van der Waals surface area contributed by atoms with Crippen molar-refractivity contribution in [1.29, 1.82) is 0 Å². The summed E-state index contributed by atoms with van der Waals surface area (Å²) in [6.07, 6.45) is 3.93. The average Bonchev–Trinajstić information content (AvgIpc) is 3.79. The molecule has 0 atom stereocenters. The molecule has 0 saturated heterocycles. The van der Waals surface area contributed by atoms with E-state index in [0.29, 0.717) is 0 Å². The number of aromatic nitrogens is 3. The molecule has 3 heteroatoms. The molecule has 51 heavy (non-hydrogen) atoms. The van der Waals surface area contributed by atoms with E-state index in [2.05, 4.69) is 173 Å². The maximum absolute atomic E-state index is 4.95. The summed E-state index contributed by atoms with van der Waals surface area (Å²) in [5.41, 5.74) is 16.5. The zero-order valence-corrected chi connectivity index (χ0v) is 27.6. The Morgan fingerprint density at radius 3 is 1.71 bits per heavy atom. The van der Waals surface area contributed by atoms with Crippen LogP contribution in [0.5, 0.6) is 0 Å². The zero-order valence-electron chi connectivity index (χ0n) is 27.6. The summed E-state index contributed by atoms with van der Waals surface area (Å²) in [6.45, 7) is 0. The molecule has 3 aromatic heterocycles. The largest absolute Gasteiger partial charge is 0.283 e. The molecule has 7 aromatic carbocycles. The minimum absolute atomic E-state index is 0.893. The Morgan fingerprint density at radius 1 is 0.392 bits per heavy atom. The molecule has 3 heterocycles. The second kappa shape index (κ2) is 10.8. The number of nitrogens with zero attached hydrogens (tertiary/aromatic N) is 3. The molecule has 11 rings (SSSR count). The maximum Gasteiger partial charge on any atom is 0.145 e. The molecule has 0 unspecified atom stereocenters. The van der Waals surface area contributed by atoms with Crippen LogP contribution in [0, 0.1) is 0 Å². The minimum Gasteiger partial charge on any atom is -0.283 e. The quantitative estimate of drug-likeness (QED) is 0.190. The normalized spacial score (nSPS) is 11.9. The van der Waals surface area contributed by atoms with Gasteiger partial charge in [0.15, 0.2) is 0 Å². The third-order valence-corrected chi connectivity index (χ3v) is 10.6. The summed E-state index contributed by atoms with van der Waals surface area (Å²) in [7, 11) is 0. The molecule has 0 saturated carbocycles. The molecule has 0 spiro atoms. The van der Waals surface area contributed by atoms with Crippen LogP contribution in [-0.4, -0.2) is 14.4 Å². The van der Waals surface area contributed by atoms with Gasteiger partial charge in [-0.1, -0.05) is 140 Å². The molecular formula is C48H29N3. The predicted molar refractivity (Wildman–Crippen MR) is 212 cm³/mol. The maximum atomic E-state index is 4.95. The van der Waals surface area contributed by atoms with Crippen LogP contribution < -0.4 is 0 Å². The van der Waals surface area contributed by atoms with Gasteiger partial charge in [-0.25, -0.2) is 9.97 Å². The molecule has 0 fully saturated rings. The molecule has 236 valence electrons. The summed E-state index contributed by atoms with van der Waals surface area (Å²) in [5, 5.41) is 6.23. The van der Waals surface area contributed by atoms with E-state index in [-0.39, 0.29) is 0 Å². The van der Waals surface area contributed by atoms with Gasteiger partial charge in [-0.05, 0) is 101 Å². The summed E-state index contributed by atoms with van der Waals surface area (Å²) in [6, 6.07) is 59.3. The van der Waals surface area contributed by atoms with Gasteiger partial charge in [-0.15, -0.1) is 0 Å². The third-order valence-electron chi connectivity index (χ3n) is 10.6. The van der Waals surface area contributed by atoms with E-state index in [1.807, 2.05) is 12.3 Å². The van der Waals surface area contributed by atoms with Gasteiger partial charge in [0, 0.05) is 23.3 Å². The van der Waals surface area contributed by atoms with Gasteiger partial charge in [-0.3, -0.25) is 4.40 Å². The van der Waals surface area contributed by atoms with Crippen LogP contribution in [0.2, 0.25) is 0 Å². The molecule has 0 amide bonds. The van der Waals surface area contributed by atoms with Crippen LogP contribution in [0.1, 0.15) is 0 Å². The van der Waals surface area contributed by atoms with Gasteiger partial charge < -0.3 is 0 Å². The van der Waals surface area contributed by atoms with Crippen molar-refractivity contribution in [2.24, 2.45) is 0 Å². The molecule has 1 aliphatic rings. The summed E-state index contributed by atoms with van der Waals surface area (Å²) < 4.78 is 2.08. The zero-order chi connectivity index (χ0) is 33.5. The lowest BCUT2D eigenvalue weighted by atomic mass is 9.82. The Bertz CT molecular complexity index is 2900. The Kier molecular flexibility index (Phi) is 5.96. The fraction of sp³-hybridized carbons (Fsp3) is 0. The van der Waals surface area contributed by atoms with Crippen LogP contribution in [0.4, 0.5) is 0 Å².